The quantitative estimate of drug-likeness (QED) is 0.594. The Morgan fingerprint density at radius 3 is 2.65 bits per heavy atom. The molecular weight excluding hydrogens is 327 g/mol. The van der Waals surface area contributed by atoms with E-state index in [1.54, 1.807) is 19.2 Å². The van der Waals surface area contributed by atoms with Gasteiger partial charge in [0.15, 0.2) is 0 Å². The number of halogens is 1. The number of methoxy groups -OCH3 is 1. The van der Waals surface area contributed by atoms with Crippen LogP contribution < -0.4 is 4.74 Å². The molecule has 132 valence electrons. The molecule has 0 saturated carbocycles. The molecule has 3 aromatic rings. The van der Waals surface area contributed by atoms with E-state index in [-0.39, 0.29) is 11.7 Å². The highest BCUT2D eigenvalue weighted by Gasteiger charge is 2.21. The van der Waals surface area contributed by atoms with Gasteiger partial charge in [0, 0.05) is 28.9 Å². The van der Waals surface area contributed by atoms with E-state index in [4.69, 9.17) is 10.00 Å². The molecule has 0 bridgehead atoms. The Hall–Kier alpha value is -2.93. The third kappa shape index (κ3) is 3.39. The molecule has 3 nitrogen and oxygen atoms in total. The second-order valence-electron chi connectivity index (χ2n) is 6.68. The van der Waals surface area contributed by atoms with Crippen LogP contribution in [0.25, 0.3) is 22.0 Å². The van der Waals surface area contributed by atoms with Gasteiger partial charge < -0.3 is 4.74 Å². The lowest BCUT2D eigenvalue weighted by molar-refractivity contribution is 0.380. The van der Waals surface area contributed by atoms with Gasteiger partial charge in [0.2, 0.25) is 5.88 Å². The summed E-state index contributed by atoms with van der Waals surface area (Å²) in [6, 6.07) is 16.8. The molecule has 0 aliphatic heterocycles. The number of hydrogen-bond donors (Lipinski definition) is 0. The molecule has 0 saturated heterocycles. The topological polar surface area (TPSA) is 45.9 Å². The summed E-state index contributed by atoms with van der Waals surface area (Å²) in [5.74, 6) is 0.628. The van der Waals surface area contributed by atoms with Crippen molar-refractivity contribution >= 4 is 10.8 Å². The van der Waals surface area contributed by atoms with Crippen molar-refractivity contribution in [2.45, 2.75) is 26.2 Å². The van der Waals surface area contributed by atoms with Crippen LogP contribution in [0.4, 0.5) is 4.39 Å². The van der Waals surface area contributed by atoms with E-state index < -0.39 is 0 Å². The van der Waals surface area contributed by atoms with Gasteiger partial charge in [0.05, 0.1) is 18.9 Å². The molecular formula is C22H21FN2O. The highest BCUT2D eigenvalue weighted by Crippen LogP contribution is 2.35. The zero-order valence-corrected chi connectivity index (χ0v) is 15.2. The zero-order valence-electron chi connectivity index (χ0n) is 15.2. The van der Waals surface area contributed by atoms with Crippen molar-refractivity contribution in [3.05, 3.63) is 59.9 Å². The lowest BCUT2D eigenvalue weighted by Gasteiger charge is -2.20. The van der Waals surface area contributed by atoms with Crippen molar-refractivity contribution < 1.29 is 9.13 Å². The maximum atomic E-state index is 14.1. The minimum atomic E-state index is -0.248. The fourth-order valence-electron chi connectivity index (χ4n) is 3.25. The van der Waals surface area contributed by atoms with E-state index in [2.05, 4.69) is 24.9 Å². The Kier molecular flexibility index (Phi) is 5.18. The number of benzene rings is 2. The minimum absolute atomic E-state index is 0.0607. The molecule has 0 fully saturated rings. The number of hydrogen-bond acceptors (Lipinski definition) is 3. The maximum absolute atomic E-state index is 14.1. The van der Waals surface area contributed by atoms with Crippen LogP contribution in [-0.4, -0.2) is 12.1 Å². The lowest BCUT2D eigenvalue weighted by Crippen LogP contribution is -2.09. The van der Waals surface area contributed by atoms with Crippen molar-refractivity contribution in [1.29, 1.82) is 5.26 Å². The summed E-state index contributed by atoms with van der Waals surface area (Å²) in [6.45, 7) is 4.17. The van der Waals surface area contributed by atoms with Crippen LogP contribution in [0.15, 0.2) is 48.5 Å². The molecule has 0 aliphatic rings. The van der Waals surface area contributed by atoms with Crippen molar-refractivity contribution in [2.75, 3.05) is 7.11 Å². The first-order valence-electron chi connectivity index (χ1n) is 8.65. The Morgan fingerprint density at radius 1 is 1.15 bits per heavy atom. The Bertz CT molecular complexity index is 976. The number of pyridine rings is 1. The van der Waals surface area contributed by atoms with Crippen LogP contribution in [0.5, 0.6) is 5.88 Å². The second-order valence-corrected chi connectivity index (χ2v) is 6.68. The molecule has 1 unspecified atom stereocenters. The fourth-order valence-corrected chi connectivity index (χ4v) is 3.25. The normalized spacial score (nSPS) is 12.2. The molecule has 1 aromatic heterocycles. The first-order valence-corrected chi connectivity index (χ1v) is 8.65. The number of nitrogens with zero attached hydrogens (tertiary/aromatic N) is 2. The molecule has 0 aliphatic carbocycles. The van der Waals surface area contributed by atoms with Gasteiger partial charge in [-0.2, -0.15) is 5.26 Å². The number of aromatic nitrogens is 1. The number of fused-ring (bicyclic) bond motifs is 1. The number of nitriles is 1. The van der Waals surface area contributed by atoms with E-state index in [0.29, 0.717) is 23.6 Å². The van der Waals surface area contributed by atoms with E-state index in [1.165, 1.54) is 6.07 Å². The summed E-state index contributed by atoms with van der Waals surface area (Å²) in [5.41, 5.74) is 2.48. The van der Waals surface area contributed by atoms with Crippen molar-refractivity contribution in [3.63, 3.8) is 0 Å². The van der Waals surface area contributed by atoms with E-state index in [0.717, 1.165) is 22.2 Å². The van der Waals surface area contributed by atoms with E-state index in [9.17, 15) is 4.39 Å². The first-order chi connectivity index (χ1) is 12.5. The first kappa shape index (κ1) is 17.9. The van der Waals surface area contributed by atoms with Crippen LogP contribution >= 0.6 is 0 Å². The largest absolute Gasteiger partial charge is 0.481 e. The van der Waals surface area contributed by atoms with E-state index in [1.807, 2.05) is 30.3 Å². The molecule has 0 amide bonds. The summed E-state index contributed by atoms with van der Waals surface area (Å²) in [4.78, 5) is 4.63. The molecule has 26 heavy (non-hydrogen) atoms. The van der Waals surface area contributed by atoms with Crippen molar-refractivity contribution in [1.82, 2.24) is 4.98 Å². The monoisotopic (exact) mass is 348 g/mol. The van der Waals surface area contributed by atoms with Gasteiger partial charge in [0.1, 0.15) is 5.82 Å². The number of ether oxygens (including phenoxy) is 1. The maximum Gasteiger partial charge on any atom is 0.217 e. The Labute approximate surface area is 153 Å². The Morgan fingerprint density at radius 2 is 1.96 bits per heavy atom. The molecule has 1 heterocycles. The molecule has 0 radical (unpaired) electrons. The van der Waals surface area contributed by atoms with Crippen molar-refractivity contribution in [2.24, 2.45) is 5.92 Å². The predicted octanol–water partition coefficient (Wildman–Crippen LogP) is 5.70. The van der Waals surface area contributed by atoms with Gasteiger partial charge in [-0.25, -0.2) is 9.37 Å². The zero-order chi connectivity index (χ0) is 18.7. The van der Waals surface area contributed by atoms with Gasteiger partial charge in [-0.3, -0.25) is 0 Å². The lowest BCUT2D eigenvalue weighted by atomic mass is 9.86. The Balaban J connectivity index is 2.07. The van der Waals surface area contributed by atoms with Gasteiger partial charge in [-0.1, -0.05) is 44.2 Å². The molecule has 4 heteroatoms. The van der Waals surface area contributed by atoms with Crippen LogP contribution in [0, 0.1) is 23.1 Å². The van der Waals surface area contributed by atoms with Gasteiger partial charge in [0.25, 0.3) is 0 Å². The summed E-state index contributed by atoms with van der Waals surface area (Å²) >= 11 is 0. The average molecular weight is 348 g/mol. The predicted molar refractivity (Wildman–Crippen MR) is 101 cm³/mol. The van der Waals surface area contributed by atoms with Gasteiger partial charge >= 0.3 is 0 Å². The highest BCUT2D eigenvalue weighted by molar-refractivity contribution is 5.87. The fraction of sp³-hybridized carbons (Fsp3) is 0.273. The minimum Gasteiger partial charge on any atom is -0.481 e. The van der Waals surface area contributed by atoms with Crippen LogP contribution in [0.2, 0.25) is 0 Å². The van der Waals surface area contributed by atoms with Crippen LogP contribution in [-0.2, 0) is 0 Å². The van der Waals surface area contributed by atoms with E-state index >= 15 is 0 Å². The third-order valence-corrected chi connectivity index (χ3v) is 4.72. The second kappa shape index (κ2) is 7.53. The molecule has 0 N–H and O–H groups in total. The van der Waals surface area contributed by atoms with Crippen LogP contribution in [0.3, 0.4) is 0 Å². The number of rotatable bonds is 5. The summed E-state index contributed by atoms with van der Waals surface area (Å²) in [6.07, 6.45) is 0.413. The third-order valence-electron chi connectivity index (χ3n) is 4.72. The summed E-state index contributed by atoms with van der Waals surface area (Å²) in [7, 11) is 1.58. The van der Waals surface area contributed by atoms with Gasteiger partial charge in [-0.15, -0.1) is 0 Å². The average Bonchev–Trinajstić information content (AvgIpc) is 2.65. The SMILES string of the molecule is COc1nc(-c2ccc3cccc(F)c3c2)ccc1C(CC#N)C(C)C. The van der Waals surface area contributed by atoms with Crippen molar-refractivity contribution in [3.8, 4) is 23.2 Å². The summed E-state index contributed by atoms with van der Waals surface area (Å²) < 4.78 is 19.6. The molecule has 1 atom stereocenters. The smallest absolute Gasteiger partial charge is 0.217 e. The molecule has 3 rings (SSSR count). The molecule has 0 spiro atoms. The standard InChI is InChI=1S/C22H21FN2O/c1-14(2)17(11-12-24)18-9-10-21(25-22(18)26-3)16-8-7-15-5-4-6-20(23)19(15)13-16/h4-10,13-14,17H,11H2,1-3H3. The molecule has 2 aromatic carbocycles. The van der Waals surface area contributed by atoms with Crippen LogP contribution in [0.1, 0.15) is 31.7 Å². The highest BCUT2D eigenvalue weighted by atomic mass is 19.1. The summed E-state index contributed by atoms with van der Waals surface area (Å²) in [5, 5.41) is 10.5. The van der Waals surface area contributed by atoms with Gasteiger partial charge in [-0.05, 0) is 29.5 Å².